The van der Waals surface area contributed by atoms with Crippen LogP contribution < -0.4 is 10.1 Å². The smallest absolute Gasteiger partial charge is 0.219 e. The molecule has 1 fully saturated rings. The molecule has 1 unspecified atom stereocenters. The van der Waals surface area contributed by atoms with Crippen molar-refractivity contribution in [2.45, 2.75) is 53.7 Å². The minimum atomic E-state index is 0. The Labute approximate surface area is 192 Å². The summed E-state index contributed by atoms with van der Waals surface area (Å²) in [6.07, 6.45) is 2.92. The summed E-state index contributed by atoms with van der Waals surface area (Å²) in [4.78, 5) is 24.7. The van der Waals surface area contributed by atoms with Gasteiger partial charge in [0.1, 0.15) is 0 Å². The first kappa shape index (κ1) is 25.5. The summed E-state index contributed by atoms with van der Waals surface area (Å²) in [5, 5.41) is 3.36. The molecule has 1 atom stereocenters. The molecular weight excluding hydrogens is 481 g/mol. The van der Waals surface area contributed by atoms with Crippen molar-refractivity contribution in [1.82, 2.24) is 20.1 Å². The van der Waals surface area contributed by atoms with E-state index < -0.39 is 0 Å². The average Bonchev–Trinajstić information content (AvgIpc) is 2.65. The molecule has 2 rings (SSSR count). The molecule has 1 aromatic heterocycles. The Morgan fingerprint density at radius 3 is 2.48 bits per heavy atom. The molecule has 0 radical (unpaired) electrons. The Kier molecular flexibility index (Phi) is 11.3. The molecule has 1 N–H and O–H groups in total. The highest BCUT2D eigenvalue weighted by atomic mass is 127. The molecule has 0 saturated carbocycles. The number of nitrogens with one attached hydrogen (secondary N) is 1. The van der Waals surface area contributed by atoms with Crippen molar-refractivity contribution in [3.8, 4) is 5.88 Å². The lowest BCUT2D eigenvalue weighted by molar-refractivity contribution is -0.130. The van der Waals surface area contributed by atoms with Crippen LogP contribution in [-0.2, 0) is 11.3 Å². The second-order valence-corrected chi connectivity index (χ2v) is 7.72. The molecule has 164 valence electrons. The molecule has 1 aliphatic rings. The molecular formula is C21H36IN5O2. The number of carbonyl (C=O) groups is 1. The summed E-state index contributed by atoms with van der Waals surface area (Å²) in [6, 6.07) is 3.94. The molecule has 29 heavy (non-hydrogen) atoms. The van der Waals surface area contributed by atoms with E-state index in [0.29, 0.717) is 18.3 Å². The van der Waals surface area contributed by atoms with Gasteiger partial charge >= 0.3 is 0 Å². The van der Waals surface area contributed by atoms with E-state index in [9.17, 15) is 4.79 Å². The molecule has 1 aliphatic heterocycles. The van der Waals surface area contributed by atoms with E-state index in [-0.39, 0.29) is 36.0 Å². The van der Waals surface area contributed by atoms with E-state index in [4.69, 9.17) is 9.73 Å². The number of aromatic nitrogens is 1. The van der Waals surface area contributed by atoms with E-state index in [0.717, 1.165) is 50.7 Å². The number of hydrogen-bond donors (Lipinski definition) is 1. The fourth-order valence-corrected chi connectivity index (χ4v) is 3.36. The third-order valence-electron chi connectivity index (χ3n) is 4.70. The van der Waals surface area contributed by atoms with Gasteiger partial charge in [0.05, 0.1) is 12.6 Å². The Hall–Kier alpha value is -1.58. The zero-order valence-corrected chi connectivity index (χ0v) is 20.7. The number of guanidine groups is 1. The van der Waals surface area contributed by atoms with Crippen molar-refractivity contribution >= 4 is 35.8 Å². The molecule has 1 aromatic rings. The Balaban J connectivity index is 0.00000420. The van der Waals surface area contributed by atoms with Gasteiger partial charge in [0.15, 0.2) is 5.96 Å². The predicted molar refractivity (Wildman–Crippen MR) is 128 cm³/mol. The number of amides is 1. The number of hydrogen-bond acceptors (Lipinski definition) is 4. The van der Waals surface area contributed by atoms with Crippen LogP contribution in [0.4, 0.5) is 0 Å². The van der Waals surface area contributed by atoms with E-state index in [1.807, 2.05) is 17.0 Å². The molecule has 0 bridgehead atoms. The zero-order chi connectivity index (χ0) is 20.5. The standard InChI is InChI=1S/C21H35N5O2.HI/c1-6-22-21(26-11-9-25(10-12-26)18(5)27)24-15-19-7-8-23-20(14-19)28-17(4)13-16(2)3;/h7-8,14,16-17H,6,9-13,15H2,1-5H3,(H,22,24);1H. The van der Waals surface area contributed by atoms with Gasteiger partial charge in [0.2, 0.25) is 11.8 Å². The van der Waals surface area contributed by atoms with Gasteiger partial charge < -0.3 is 19.9 Å². The van der Waals surface area contributed by atoms with Crippen molar-refractivity contribution in [2.24, 2.45) is 10.9 Å². The summed E-state index contributed by atoms with van der Waals surface area (Å²) >= 11 is 0. The number of nitrogens with zero attached hydrogens (tertiary/aromatic N) is 4. The van der Waals surface area contributed by atoms with Crippen LogP contribution in [0.5, 0.6) is 5.88 Å². The number of halogens is 1. The van der Waals surface area contributed by atoms with Gasteiger partial charge in [0.25, 0.3) is 0 Å². The fraction of sp³-hybridized carbons (Fsp3) is 0.667. The summed E-state index contributed by atoms with van der Waals surface area (Å²) in [7, 11) is 0. The lowest BCUT2D eigenvalue weighted by Crippen LogP contribution is -2.53. The van der Waals surface area contributed by atoms with Gasteiger partial charge in [-0.3, -0.25) is 4.79 Å². The minimum Gasteiger partial charge on any atom is -0.475 e. The Morgan fingerprint density at radius 1 is 1.24 bits per heavy atom. The number of carbonyl (C=O) groups excluding carboxylic acids is 1. The monoisotopic (exact) mass is 517 g/mol. The summed E-state index contributed by atoms with van der Waals surface area (Å²) in [5.41, 5.74) is 1.07. The van der Waals surface area contributed by atoms with Gasteiger partial charge in [-0.1, -0.05) is 13.8 Å². The molecule has 0 aromatic carbocycles. The number of rotatable bonds is 7. The van der Waals surface area contributed by atoms with Crippen LogP contribution in [0.15, 0.2) is 23.3 Å². The molecule has 0 spiro atoms. The van der Waals surface area contributed by atoms with Crippen molar-refractivity contribution in [3.63, 3.8) is 0 Å². The topological polar surface area (TPSA) is 70.1 Å². The van der Waals surface area contributed by atoms with Crippen molar-refractivity contribution in [1.29, 1.82) is 0 Å². The lowest BCUT2D eigenvalue weighted by Gasteiger charge is -2.36. The summed E-state index contributed by atoms with van der Waals surface area (Å²) < 4.78 is 5.95. The van der Waals surface area contributed by atoms with Crippen LogP contribution in [0.25, 0.3) is 0 Å². The summed E-state index contributed by atoms with van der Waals surface area (Å²) in [6.45, 7) is 14.6. The maximum absolute atomic E-state index is 11.5. The number of pyridine rings is 1. The molecule has 1 amide bonds. The second kappa shape index (κ2) is 12.9. The van der Waals surface area contributed by atoms with Crippen LogP contribution in [0, 0.1) is 5.92 Å². The van der Waals surface area contributed by atoms with Gasteiger partial charge in [-0.25, -0.2) is 9.98 Å². The molecule has 1 saturated heterocycles. The maximum Gasteiger partial charge on any atom is 0.219 e. The first-order valence-electron chi connectivity index (χ1n) is 10.3. The van der Waals surface area contributed by atoms with Gasteiger partial charge in [-0.2, -0.15) is 0 Å². The lowest BCUT2D eigenvalue weighted by atomic mass is 10.1. The van der Waals surface area contributed by atoms with Gasteiger partial charge in [-0.15, -0.1) is 24.0 Å². The molecule has 0 aliphatic carbocycles. The number of piperazine rings is 1. The van der Waals surface area contributed by atoms with Gasteiger partial charge in [0, 0.05) is 51.9 Å². The van der Waals surface area contributed by atoms with Crippen LogP contribution in [0.3, 0.4) is 0 Å². The van der Waals surface area contributed by atoms with Crippen LogP contribution >= 0.6 is 24.0 Å². The molecule has 8 heteroatoms. The quantitative estimate of drug-likeness (QED) is 0.342. The largest absolute Gasteiger partial charge is 0.475 e. The second-order valence-electron chi connectivity index (χ2n) is 7.72. The third kappa shape index (κ3) is 8.76. The zero-order valence-electron chi connectivity index (χ0n) is 18.4. The third-order valence-corrected chi connectivity index (χ3v) is 4.70. The SMILES string of the molecule is CCNC(=NCc1ccnc(OC(C)CC(C)C)c1)N1CCN(C(C)=O)CC1.I. The van der Waals surface area contributed by atoms with Crippen LogP contribution in [0.2, 0.25) is 0 Å². The van der Waals surface area contributed by atoms with Crippen LogP contribution in [-0.4, -0.2) is 65.5 Å². The normalized spacial score (nSPS) is 15.7. The van der Waals surface area contributed by atoms with Crippen molar-refractivity contribution < 1.29 is 9.53 Å². The summed E-state index contributed by atoms with van der Waals surface area (Å²) in [5.74, 6) is 2.27. The van der Waals surface area contributed by atoms with E-state index in [1.54, 1.807) is 13.1 Å². The Morgan fingerprint density at radius 2 is 1.90 bits per heavy atom. The molecule has 2 heterocycles. The highest BCUT2D eigenvalue weighted by molar-refractivity contribution is 14.0. The highest BCUT2D eigenvalue weighted by Crippen LogP contribution is 2.15. The van der Waals surface area contributed by atoms with E-state index in [2.05, 4.69) is 42.9 Å². The predicted octanol–water partition coefficient (Wildman–Crippen LogP) is 3.14. The Bertz CT molecular complexity index is 660. The van der Waals surface area contributed by atoms with E-state index >= 15 is 0 Å². The minimum absolute atomic E-state index is 0. The number of aliphatic imine (C=N–C) groups is 1. The van der Waals surface area contributed by atoms with Crippen LogP contribution in [0.1, 0.15) is 46.6 Å². The first-order valence-corrected chi connectivity index (χ1v) is 10.3. The van der Waals surface area contributed by atoms with Crippen molar-refractivity contribution in [2.75, 3.05) is 32.7 Å². The maximum atomic E-state index is 11.5. The number of ether oxygens (including phenoxy) is 1. The molecule has 7 nitrogen and oxygen atoms in total. The average molecular weight is 517 g/mol. The van der Waals surface area contributed by atoms with Gasteiger partial charge in [-0.05, 0) is 37.8 Å². The van der Waals surface area contributed by atoms with Crippen molar-refractivity contribution in [3.05, 3.63) is 23.9 Å². The van der Waals surface area contributed by atoms with E-state index in [1.165, 1.54) is 0 Å². The fourth-order valence-electron chi connectivity index (χ4n) is 3.36. The first-order chi connectivity index (χ1) is 13.4. The highest BCUT2D eigenvalue weighted by Gasteiger charge is 2.20.